The summed E-state index contributed by atoms with van der Waals surface area (Å²) in [7, 11) is 0. The van der Waals surface area contributed by atoms with E-state index >= 15 is 0 Å². The zero-order valence-electron chi connectivity index (χ0n) is 14.7. The molecule has 7 heteroatoms. The van der Waals surface area contributed by atoms with E-state index in [1.807, 2.05) is 42.5 Å². The highest BCUT2D eigenvalue weighted by atomic mass is 79.9. The number of carbonyl (C=O) groups excluding carboxylic acids is 2. The maximum absolute atomic E-state index is 13.1. The van der Waals surface area contributed by atoms with Gasteiger partial charge in [-0.1, -0.05) is 45.8 Å². The summed E-state index contributed by atoms with van der Waals surface area (Å²) >= 11 is 4.86. The number of nitrogens with zero attached hydrogens (tertiary/aromatic N) is 1. The molecule has 27 heavy (non-hydrogen) atoms. The van der Waals surface area contributed by atoms with Gasteiger partial charge in [0.2, 0.25) is 11.8 Å². The van der Waals surface area contributed by atoms with E-state index < -0.39 is 5.41 Å². The minimum atomic E-state index is -0.472. The number of amides is 2. The van der Waals surface area contributed by atoms with Crippen LogP contribution in [0, 0.1) is 0 Å². The highest BCUT2D eigenvalue weighted by molar-refractivity contribution is 9.10. The molecule has 1 aromatic heterocycles. The van der Waals surface area contributed by atoms with E-state index in [0.717, 1.165) is 45.2 Å². The molecule has 1 aliphatic rings. The van der Waals surface area contributed by atoms with Crippen molar-refractivity contribution in [1.82, 2.24) is 4.98 Å². The van der Waals surface area contributed by atoms with Crippen LogP contribution in [-0.2, 0) is 15.0 Å². The highest BCUT2D eigenvalue weighted by Crippen LogP contribution is 2.45. The van der Waals surface area contributed by atoms with Crippen molar-refractivity contribution in [2.45, 2.75) is 31.6 Å². The number of hydrogen-bond donors (Lipinski definition) is 2. The van der Waals surface area contributed by atoms with Crippen molar-refractivity contribution in [1.29, 1.82) is 0 Å². The Hall–Kier alpha value is -2.25. The van der Waals surface area contributed by atoms with Crippen molar-refractivity contribution in [2.75, 3.05) is 10.6 Å². The molecule has 0 atom stereocenters. The molecule has 2 N–H and O–H groups in total. The molecular weight excluding hydrogens is 426 g/mol. The fraction of sp³-hybridized carbons (Fsp3) is 0.250. The molecule has 1 saturated carbocycles. The summed E-state index contributed by atoms with van der Waals surface area (Å²) in [6.45, 7) is 1.47. The molecular formula is C20H18BrN3O2S. The van der Waals surface area contributed by atoms with Crippen LogP contribution < -0.4 is 10.6 Å². The van der Waals surface area contributed by atoms with E-state index in [1.54, 1.807) is 0 Å². The molecule has 1 fully saturated rings. The summed E-state index contributed by atoms with van der Waals surface area (Å²) in [4.78, 5) is 28.8. The number of thiazole rings is 1. The van der Waals surface area contributed by atoms with Gasteiger partial charge in [-0.05, 0) is 48.7 Å². The van der Waals surface area contributed by atoms with Gasteiger partial charge in [0.1, 0.15) is 0 Å². The van der Waals surface area contributed by atoms with Crippen molar-refractivity contribution >= 4 is 60.1 Å². The first-order chi connectivity index (χ1) is 13.0. The van der Waals surface area contributed by atoms with Gasteiger partial charge < -0.3 is 10.6 Å². The summed E-state index contributed by atoms with van der Waals surface area (Å²) < 4.78 is 1.92. The molecule has 2 aromatic carbocycles. The second-order valence-corrected chi connectivity index (χ2v) is 8.73. The number of anilines is 2. The van der Waals surface area contributed by atoms with Gasteiger partial charge in [0.25, 0.3) is 0 Å². The molecule has 138 valence electrons. The fourth-order valence-electron chi connectivity index (χ4n) is 3.42. The SMILES string of the molecule is CC(=O)Nc1ccc2nc(NC(=O)C3(c4ccc(Br)cc4)CCC3)sc2c1. The Morgan fingerprint density at radius 3 is 2.48 bits per heavy atom. The van der Waals surface area contributed by atoms with Gasteiger partial charge in [0.15, 0.2) is 5.13 Å². The number of hydrogen-bond acceptors (Lipinski definition) is 4. The molecule has 1 heterocycles. The van der Waals surface area contributed by atoms with Crippen molar-refractivity contribution in [3.8, 4) is 0 Å². The van der Waals surface area contributed by atoms with Gasteiger partial charge in [-0.2, -0.15) is 0 Å². The van der Waals surface area contributed by atoms with Crippen LogP contribution in [0.25, 0.3) is 10.2 Å². The van der Waals surface area contributed by atoms with Gasteiger partial charge in [-0.15, -0.1) is 0 Å². The van der Waals surface area contributed by atoms with Crippen molar-refractivity contribution in [2.24, 2.45) is 0 Å². The van der Waals surface area contributed by atoms with E-state index in [0.29, 0.717) is 5.13 Å². The van der Waals surface area contributed by atoms with Crippen molar-refractivity contribution in [3.05, 3.63) is 52.5 Å². The van der Waals surface area contributed by atoms with Crippen LogP contribution in [0.3, 0.4) is 0 Å². The first kappa shape index (κ1) is 18.1. The van der Waals surface area contributed by atoms with Crippen molar-refractivity contribution < 1.29 is 9.59 Å². The molecule has 1 aliphatic carbocycles. The number of aromatic nitrogens is 1. The summed E-state index contributed by atoms with van der Waals surface area (Å²) in [6, 6.07) is 13.5. The summed E-state index contributed by atoms with van der Waals surface area (Å²) in [5.74, 6) is -0.119. The zero-order valence-corrected chi connectivity index (χ0v) is 17.1. The third-order valence-electron chi connectivity index (χ3n) is 4.97. The second kappa shape index (κ2) is 7.05. The average molecular weight is 444 g/mol. The van der Waals surface area contributed by atoms with Gasteiger partial charge in [-0.25, -0.2) is 4.98 Å². The lowest BCUT2D eigenvalue weighted by atomic mass is 9.64. The molecule has 2 amide bonds. The lowest BCUT2D eigenvalue weighted by Crippen LogP contribution is -2.45. The number of carbonyl (C=O) groups is 2. The third-order valence-corrected chi connectivity index (χ3v) is 6.43. The van der Waals surface area contributed by atoms with Crippen LogP contribution in [0.4, 0.5) is 10.8 Å². The first-order valence-electron chi connectivity index (χ1n) is 8.72. The molecule has 0 spiro atoms. The highest BCUT2D eigenvalue weighted by Gasteiger charge is 2.45. The Bertz CT molecular complexity index is 1030. The molecule has 0 unspecified atom stereocenters. The van der Waals surface area contributed by atoms with E-state index in [9.17, 15) is 9.59 Å². The summed E-state index contributed by atoms with van der Waals surface area (Å²) in [5, 5.41) is 6.36. The van der Waals surface area contributed by atoms with Gasteiger partial charge in [0.05, 0.1) is 15.6 Å². The second-order valence-electron chi connectivity index (χ2n) is 6.78. The maximum atomic E-state index is 13.1. The molecule has 0 radical (unpaired) electrons. The van der Waals surface area contributed by atoms with Crippen LogP contribution in [-0.4, -0.2) is 16.8 Å². The van der Waals surface area contributed by atoms with E-state index in [4.69, 9.17) is 0 Å². The van der Waals surface area contributed by atoms with E-state index in [-0.39, 0.29) is 11.8 Å². The number of halogens is 1. The lowest BCUT2D eigenvalue weighted by Gasteiger charge is -2.40. The Labute approximate surface area is 169 Å². The Balaban J connectivity index is 1.58. The number of benzene rings is 2. The fourth-order valence-corrected chi connectivity index (χ4v) is 4.59. The third kappa shape index (κ3) is 3.49. The Kier molecular flexibility index (Phi) is 4.74. The normalized spacial score (nSPS) is 15.2. The molecule has 0 aliphatic heterocycles. The molecule has 5 nitrogen and oxygen atoms in total. The number of fused-ring (bicyclic) bond motifs is 1. The molecule has 3 aromatic rings. The topological polar surface area (TPSA) is 71.1 Å². The smallest absolute Gasteiger partial charge is 0.236 e. The quantitative estimate of drug-likeness (QED) is 0.590. The molecule has 0 saturated heterocycles. The summed E-state index contributed by atoms with van der Waals surface area (Å²) in [6.07, 6.45) is 2.74. The first-order valence-corrected chi connectivity index (χ1v) is 10.3. The van der Waals surface area contributed by atoms with Crippen LogP contribution in [0.2, 0.25) is 0 Å². The molecule has 0 bridgehead atoms. The largest absolute Gasteiger partial charge is 0.326 e. The van der Waals surface area contributed by atoms with Crippen LogP contribution in [0.1, 0.15) is 31.7 Å². The zero-order chi connectivity index (χ0) is 19.0. The minimum absolute atomic E-state index is 0.00258. The van der Waals surface area contributed by atoms with Gasteiger partial charge in [0, 0.05) is 17.1 Å². The van der Waals surface area contributed by atoms with E-state index in [2.05, 4.69) is 31.5 Å². The van der Waals surface area contributed by atoms with Gasteiger partial charge in [-0.3, -0.25) is 9.59 Å². The van der Waals surface area contributed by atoms with Gasteiger partial charge >= 0.3 is 0 Å². The van der Waals surface area contributed by atoms with Crippen molar-refractivity contribution in [3.63, 3.8) is 0 Å². The summed E-state index contributed by atoms with van der Waals surface area (Å²) in [5.41, 5.74) is 2.10. The average Bonchev–Trinajstić information content (AvgIpc) is 2.96. The van der Waals surface area contributed by atoms with E-state index in [1.165, 1.54) is 18.3 Å². The lowest BCUT2D eigenvalue weighted by molar-refractivity contribution is -0.124. The Morgan fingerprint density at radius 2 is 1.85 bits per heavy atom. The molecule has 4 rings (SSSR count). The van der Waals surface area contributed by atoms with Crippen LogP contribution in [0.15, 0.2) is 46.9 Å². The minimum Gasteiger partial charge on any atom is -0.326 e. The van der Waals surface area contributed by atoms with Crippen LogP contribution >= 0.6 is 27.3 Å². The monoisotopic (exact) mass is 443 g/mol. The number of rotatable bonds is 4. The Morgan fingerprint density at radius 1 is 1.11 bits per heavy atom. The standard InChI is InChI=1S/C20H18BrN3O2S/c1-12(25)22-15-7-8-16-17(11-15)27-19(23-16)24-18(26)20(9-2-10-20)13-3-5-14(21)6-4-13/h3-8,11H,2,9-10H2,1H3,(H,22,25)(H,23,24,26). The van der Waals surface area contributed by atoms with Crippen LogP contribution in [0.5, 0.6) is 0 Å². The maximum Gasteiger partial charge on any atom is 0.236 e. The predicted octanol–water partition coefficient (Wildman–Crippen LogP) is 5.08. The number of nitrogens with one attached hydrogen (secondary N) is 2. The predicted molar refractivity (Wildman–Crippen MR) is 112 cm³/mol.